The van der Waals surface area contributed by atoms with Crippen molar-refractivity contribution in [1.82, 2.24) is 4.72 Å². The molecule has 1 rings (SSSR count). The molecule has 2 N–H and O–H groups in total. The lowest BCUT2D eigenvalue weighted by Crippen LogP contribution is -2.27. The van der Waals surface area contributed by atoms with Crippen molar-refractivity contribution in [2.24, 2.45) is 0 Å². The summed E-state index contributed by atoms with van der Waals surface area (Å²) in [6, 6.07) is 3.02. The second-order valence-corrected chi connectivity index (χ2v) is 6.04. The van der Waals surface area contributed by atoms with Crippen molar-refractivity contribution in [3.8, 4) is 0 Å². The number of carboxylic acids is 1. The van der Waals surface area contributed by atoms with E-state index in [1.807, 2.05) is 0 Å². The standard InChI is InChI=1S/C10H11Cl2NO4S/c1-6-2-3-7(11)10(9(6)12)18(16,17)13-5-4-8(14)15/h2-3,13H,4-5H2,1H3,(H,14,15). The Morgan fingerprint density at radius 2 is 2.00 bits per heavy atom. The van der Waals surface area contributed by atoms with Gasteiger partial charge in [0.2, 0.25) is 10.0 Å². The number of nitrogens with one attached hydrogen (secondary N) is 1. The zero-order valence-electron chi connectivity index (χ0n) is 9.41. The van der Waals surface area contributed by atoms with Crippen molar-refractivity contribution >= 4 is 39.2 Å². The van der Waals surface area contributed by atoms with E-state index in [0.29, 0.717) is 5.56 Å². The molecule has 0 unspecified atom stereocenters. The monoisotopic (exact) mass is 311 g/mol. The topological polar surface area (TPSA) is 83.5 Å². The van der Waals surface area contributed by atoms with Crippen molar-refractivity contribution in [2.75, 3.05) is 6.54 Å². The molecule has 0 atom stereocenters. The normalized spacial score (nSPS) is 11.5. The van der Waals surface area contributed by atoms with Gasteiger partial charge in [-0.25, -0.2) is 13.1 Å². The highest BCUT2D eigenvalue weighted by molar-refractivity contribution is 7.89. The number of aliphatic carboxylic acids is 1. The number of benzene rings is 1. The summed E-state index contributed by atoms with van der Waals surface area (Å²) in [4.78, 5) is 10.1. The van der Waals surface area contributed by atoms with Crippen LogP contribution in [-0.2, 0) is 14.8 Å². The van der Waals surface area contributed by atoms with Gasteiger partial charge in [-0.05, 0) is 18.6 Å². The molecule has 0 saturated carbocycles. The lowest BCUT2D eigenvalue weighted by Gasteiger charge is -2.10. The van der Waals surface area contributed by atoms with Gasteiger partial charge >= 0.3 is 5.97 Å². The number of carbonyl (C=O) groups is 1. The third-order valence-corrected chi connectivity index (χ3v) is 4.71. The molecule has 0 aromatic heterocycles. The van der Waals surface area contributed by atoms with Crippen LogP contribution in [0.3, 0.4) is 0 Å². The van der Waals surface area contributed by atoms with Crippen LogP contribution in [0.4, 0.5) is 0 Å². The van der Waals surface area contributed by atoms with Crippen LogP contribution in [0.25, 0.3) is 0 Å². The van der Waals surface area contributed by atoms with Crippen molar-refractivity contribution in [3.05, 3.63) is 27.7 Å². The molecule has 100 valence electrons. The first-order chi connectivity index (χ1) is 8.25. The van der Waals surface area contributed by atoms with Crippen molar-refractivity contribution in [2.45, 2.75) is 18.2 Å². The van der Waals surface area contributed by atoms with E-state index in [-0.39, 0.29) is 27.9 Å². The van der Waals surface area contributed by atoms with Gasteiger partial charge in [0.25, 0.3) is 0 Å². The molecule has 0 heterocycles. The SMILES string of the molecule is Cc1ccc(Cl)c(S(=O)(=O)NCCC(=O)O)c1Cl. The summed E-state index contributed by atoms with van der Waals surface area (Å²) in [5.74, 6) is -1.10. The maximum atomic E-state index is 11.9. The summed E-state index contributed by atoms with van der Waals surface area (Å²) in [5.41, 5.74) is 0.569. The molecule has 0 amide bonds. The zero-order chi connectivity index (χ0) is 13.9. The summed E-state index contributed by atoms with van der Waals surface area (Å²) in [6.45, 7) is 1.42. The highest BCUT2D eigenvalue weighted by Crippen LogP contribution is 2.31. The molecule has 18 heavy (non-hydrogen) atoms. The first-order valence-corrected chi connectivity index (χ1v) is 7.15. The number of hydrogen-bond donors (Lipinski definition) is 2. The lowest BCUT2D eigenvalue weighted by molar-refractivity contribution is -0.136. The predicted molar refractivity (Wildman–Crippen MR) is 68.6 cm³/mol. The van der Waals surface area contributed by atoms with Crippen LogP contribution < -0.4 is 4.72 Å². The number of sulfonamides is 1. The van der Waals surface area contributed by atoms with E-state index in [4.69, 9.17) is 28.3 Å². The van der Waals surface area contributed by atoms with E-state index in [1.165, 1.54) is 6.07 Å². The molecular weight excluding hydrogens is 301 g/mol. The zero-order valence-corrected chi connectivity index (χ0v) is 11.7. The largest absolute Gasteiger partial charge is 0.481 e. The first-order valence-electron chi connectivity index (χ1n) is 4.92. The second kappa shape index (κ2) is 5.88. The Morgan fingerprint density at radius 1 is 1.39 bits per heavy atom. The van der Waals surface area contributed by atoms with Crippen LogP contribution >= 0.6 is 23.2 Å². The van der Waals surface area contributed by atoms with E-state index in [9.17, 15) is 13.2 Å². The van der Waals surface area contributed by atoms with Crippen LogP contribution in [-0.4, -0.2) is 26.0 Å². The van der Waals surface area contributed by atoms with E-state index < -0.39 is 16.0 Å². The predicted octanol–water partition coefficient (Wildman–Crippen LogP) is 2.05. The minimum Gasteiger partial charge on any atom is -0.481 e. The number of carboxylic acid groups (broad SMARTS) is 1. The van der Waals surface area contributed by atoms with E-state index in [0.717, 1.165) is 0 Å². The van der Waals surface area contributed by atoms with E-state index in [1.54, 1.807) is 13.0 Å². The van der Waals surface area contributed by atoms with Crippen molar-refractivity contribution in [1.29, 1.82) is 0 Å². The van der Waals surface area contributed by atoms with Gasteiger partial charge in [0.15, 0.2) is 0 Å². The molecule has 0 bridgehead atoms. The Kier molecular flexibility index (Phi) is 4.98. The summed E-state index contributed by atoms with van der Waals surface area (Å²) < 4.78 is 26.0. The number of rotatable bonds is 5. The van der Waals surface area contributed by atoms with Crippen molar-refractivity contribution in [3.63, 3.8) is 0 Å². The highest BCUT2D eigenvalue weighted by atomic mass is 35.5. The van der Waals surface area contributed by atoms with Gasteiger partial charge in [0.05, 0.1) is 16.5 Å². The molecule has 1 aromatic rings. The quantitative estimate of drug-likeness (QED) is 0.871. The maximum absolute atomic E-state index is 11.9. The fraction of sp³-hybridized carbons (Fsp3) is 0.300. The van der Waals surface area contributed by atoms with Crippen molar-refractivity contribution < 1.29 is 18.3 Å². The molecule has 0 aliphatic carbocycles. The Hall–Kier alpha value is -0.820. The van der Waals surface area contributed by atoms with E-state index in [2.05, 4.69) is 4.72 Å². The average Bonchev–Trinajstić information content (AvgIpc) is 2.23. The number of aryl methyl sites for hydroxylation is 1. The van der Waals surface area contributed by atoms with Crippen LogP contribution in [0.5, 0.6) is 0 Å². The molecule has 0 spiro atoms. The second-order valence-electron chi connectivity index (χ2n) is 3.55. The Labute approximate surface area is 115 Å². The average molecular weight is 312 g/mol. The molecule has 0 radical (unpaired) electrons. The third-order valence-electron chi connectivity index (χ3n) is 2.14. The van der Waals surface area contributed by atoms with Crippen LogP contribution in [0, 0.1) is 6.92 Å². The van der Waals surface area contributed by atoms with Gasteiger partial charge in [-0.3, -0.25) is 4.79 Å². The Balaban J connectivity index is 3.05. The molecular formula is C10H11Cl2NO4S. The van der Waals surface area contributed by atoms with Crippen LogP contribution in [0.2, 0.25) is 10.0 Å². The molecule has 1 aromatic carbocycles. The molecule has 0 aliphatic heterocycles. The van der Waals surface area contributed by atoms with Crippen LogP contribution in [0.15, 0.2) is 17.0 Å². The molecule has 0 aliphatic rings. The van der Waals surface area contributed by atoms with Gasteiger partial charge in [0, 0.05) is 6.54 Å². The summed E-state index contributed by atoms with van der Waals surface area (Å²) in [5, 5.41) is 8.47. The summed E-state index contributed by atoms with van der Waals surface area (Å²) in [6.07, 6.45) is -0.319. The fourth-order valence-electron chi connectivity index (χ4n) is 1.24. The Bertz CT molecular complexity index is 571. The van der Waals surface area contributed by atoms with Crippen LogP contribution in [0.1, 0.15) is 12.0 Å². The Morgan fingerprint density at radius 3 is 2.56 bits per heavy atom. The van der Waals surface area contributed by atoms with Gasteiger partial charge in [-0.2, -0.15) is 0 Å². The highest BCUT2D eigenvalue weighted by Gasteiger charge is 2.22. The summed E-state index contributed by atoms with van der Waals surface area (Å²) in [7, 11) is -3.92. The lowest BCUT2D eigenvalue weighted by atomic mass is 10.2. The molecule has 0 fully saturated rings. The third kappa shape index (κ3) is 3.58. The van der Waals surface area contributed by atoms with Gasteiger partial charge < -0.3 is 5.11 Å². The van der Waals surface area contributed by atoms with E-state index >= 15 is 0 Å². The van der Waals surface area contributed by atoms with Gasteiger partial charge in [-0.15, -0.1) is 0 Å². The number of halogens is 2. The first kappa shape index (κ1) is 15.2. The minimum atomic E-state index is -3.92. The molecule has 8 heteroatoms. The van der Waals surface area contributed by atoms with Gasteiger partial charge in [-0.1, -0.05) is 29.3 Å². The molecule has 5 nitrogen and oxygen atoms in total. The minimum absolute atomic E-state index is 0.00609. The maximum Gasteiger partial charge on any atom is 0.304 e. The summed E-state index contributed by atoms with van der Waals surface area (Å²) >= 11 is 11.7. The fourth-order valence-corrected chi connectivity index (χ4v) is 3.46. The van der Waals surface area contributed by atoms with Gasteiger partial charge in [0.1, 0.15) is 4.90 Å². The smallest absolute Gasteiger partial charge is 0.304 e. The number of hydrogen-bond acceptors (Lipinski definition) is 3. The molecule has 0 saturated heterocycles.